The second kappa shape index (κ2) is 10.9. The molecule has 0 fully saturated rings. The van der Waals surface area contributed by atoms with Crippen LogP contribution in [-0.4, -0.2) is 33.9 Å². The fourth-order valence-electron chi connectivity index (χ4n) is 2.70. The van der Waals surface area contributed by atoms with E-state index in [4.69, 9.17) is 19.7 Å². The Hall–Kier alpha value is -2.83. The number of hydrogen-bond acceptors (Lipinski definition) is 8. The molecule has 1 aromatic carbocycles. The van der Waals surface area contributed by atoms with E-state index < -0.39 is 28.7 Å². The summed E-state index contributed by atoms with van der Waals surface area (Å²) in [6, 6.07) is 4.75. The molecule has 0 bridgehead atoms. The Bertz CT molecular complexity index is 1180. The van der Waals surface area contributed by atoms with Crippen molar-refractivity contribution in [2.24, 2.45) is 5.73 Å². The Morgan fingerprint density at radius 1 is 1.33 bits per heavy atom. The number of benzene rings is 1. The zero-order valence-corrected chi connectivity index (χ0v) is 19.9. The average molecular weight is 550 g/mol. The van der Waals surface area contributed by atoms with Crippen LogP contribution in [-0.2, 0) is 21.6 Å². The van der Waals surface area contributed by atoms with Gasteiger partial charge in [-0.3, -0.25) is 14.2 Å². The minimum atomic E-state index is -1.28. The van der Waals surface area contributed by atoms with Crippen LogP contribution in [0, 0.1) is 11.6 Å². The summed E-state index contributed by atoms with van der Waals surface area (Å²) in [6.07, 6.45) is 1.14. The van der Waals surface area contributed by atoms with Gasteiger partial charge in [-0.2, -0.15) is 0 Å². The minimum absolute atomic E-state index is 0. The number of halogens is 4. The Morgan fingerprint density at radius 3 is 2.64 bits per heavy atom. The van der Waals surface area contributed by atoms with Gasteiger partial charge in [0.15, 0.2) is 5.76 Å². The standard InChI is InChI=1S/C20H19BrF2N4O5.ClH/c1-3-30-15(28)8-27-10-25-18(17(21)19(27)29)31-9-20(2,24)14-7-13(26-32-14)16-11(22)5-4-6-12(16)23;/h4-7,10H,3,8-9,24H2,1-2H3;1H/t20-;/m0./s1. The molecule has 2 N–H and O–H groups in total. The molecule has 0 unspecified atom stereocenters. The molecule has 2 heterocycles. The summed E-state index contributed by atoms with van der Waals surface area (Å²) < 4.78 is 44.6. The van der Waals surface area contributed by atoms with Crippen LogP contribution in [0.15, 0.2) is 44.4 Å². The van der Waals surface area contributed by atoms with Gasteiger partial charge in [0.2, 0.25) is 5.88 Å². The SMILES string of the molecule is CCOC(=O)Cn1cnc(OC[C@](C)(N)c2cc(-c3c(F)cccc3F)no2)c(Br)c1=O.Cl. The number of carbonyl (C=O) groups excluding carboxylic acids is 1. The van der Waals surface area contributed by atoms with Crippen molar-refractivity contribution in [1.29, 1.82) is 0 Å². The van der Waals surface area contributed by atoms with Crippen LogP contribution in [0.5, 0.6) is 5.88 Å². The molecule has 0 saturated heterocycles. The zero-order valence-electron chi connectivity index (χ0n) is 17.5. The molecule has 0 aliphatic rings. The van der Waals surface area contributed by atoms with Crippen LogP contribution in [0.4, 0.5) is 8.78 Å². The maximum absolute atomic E-state index is 14.0. The van der Waals surface area contributed by atoms with Crippen LogP contribution < -0.4 is 16.0 Å². The summed E-state index contributed by atoms with van der Waals surface area (Å²) in [7, 11) is 0. The second-order valence-corrected chi connectivity index (χ2v) is 7.77. The van der Waals surface area contributed by atoms with E-state index in [1.165, 1.54) is 12.1 Å². The summed E-state index contributed by atoms with van der Waals surface area (Å²) in [5, 5.41) is 3.70. The van der Waals surface area contributed by atoms with E-state index in [1.54, 1.807) is 13.8 Å². The van der Waals surface area contributed by atoms with Gasteiger partial charge in [0, 0.05) is 6.07 Å². The van der Waals surface area contributed by atoms with Gasteiger partial charge in [0.1, 0.15) is 46.8 Å². The minimum Gasteiger partial charge on any atom is -0.474 e. The van der Waals surface area contributed by atoms with Crippen molar-refractivity contribution in [3.63, 3.8) is 0 Å². The topological polar surface area (TPSA) is 122 Å². The molecular weight excluding hydrogens is 530 g/mol. The maximum atomic E-state index is 14.0. The molecule has 0 aliphatic carbocycles. The average Bonchev–Trinajstić information content (AvgIpc) is 3.22. The Morgan fingerprint density at radius 2 is 2.00 bits per heavy atom. The second-order valence-electron chi connectivity index (χ2n) is 6.98. The smallest absolute Gasteiger partial charge is 0.326 e. The predicted octanol–water partition coefficient (Wildman–Crippen LogP) is 3.18. The lowest BCUT2D eigenvalue weighted by molar-refractivity contribution is -0.143. The van der Waals surface area contributed by atoms with Gasteiger partial charge in [-0.15, -0.1) is 12.4 Å². The highest BCUT2D eigenvalue weighted by Crippen LogP contribution is 2.29. The number of ether oxygens (including phenoxy) is 2. The van der Waals surface area contributed by atoms with Gasteiger partial charge in [0.05, 0.1) is 12.2 Å². The first-order valence-corrected chi connectivity index (χ1v) is 10.2. The number of nitrogens with two attached hydrogens (primary N) is 1. The summed E-state index contributed by atoms with van der Waals surface area (Å²) in [5.41, 5.74) is 4.00. The largest absolute Gasteiger partial charge is 0.474 e. The molecule has 0 spiro atoms. The molecule has 1 atom stereocenters. The van der Waals surface area contributed by atoms with Crippen LogP contribution in [0.3, 0.4) is 0 Å². The number of carbonyl (C=O) groups is 1. The first kappa shape index (κ1) is 26.4. The van der Waals surface area contributed by atoms with Crippen LogP contribution >= 0.6 is 28.3 Å². The third-order valence-electron chi connectivity index (χ3n) is 4.36. The van der Waals surface area contributed by atoms with E-state index in [2.05, 4.69) is 26.1 Å². The molecule has 13 heteroatoms. The third kappa shape index (κ3) is 5.95. The van der Waals surface area contributed by atoms with Crippen molar-refractivity contribution in [3.8, 4) is 17.1 Å². The lowest BCUT2D eigenvalue weighted by Gasteiger charge is -2.21. The molecule has 2 aromatic heterocycles. The summed E-state index contributed by atoms with van der Waals surface area (Å²) in [6.45, 7) is 2.87. The van der Waals surface area contributed by atoms with Gasteiger partial charge < -0.3 is 19.7 Å². The molecule has 0 amide bonds. The Balaban J connectivity index is 0.00000385. The van der Waals surface area contributed by atoms with Gasteiger partial charge in [-0.25, -0.2) is 13.8 Å². The summed E-state index contributed by atoms with van der Waals surface area (Å²) >= 11 is 3.10. The Labute approximate surface area is 201 Å². The molecule has 0 saturated carbocycles. The number of esters is 1. The van der Waals surface area contributed by atoms with Gasteiger partial charge in [0.25, 0.3) is 5.56 Å². The molecule has 0 radical (unpaired) electrons. The predicted molar refractivity (Wildman–Crippen MR) is 119 cm³/mol. The molecule has 33 heavy (non-hydrogen) atoms. The summed E-state index contributed by atoms with van der Waals surface area (Å²) in [4.78, 5) is 28.0. The lowest BCUT2D eigenvalue weighted by Crippen LogP contribution is -2.39. The van der Waals surface area contributed by atoms with Gasteiger partial charge in [-0.05, 0) is 41.9 Å². The highest BCUT2D eigenvalue weighted by atomic mass is 79.9. The van der Waals surface area contributed by atoms with E-state index in [-0.39, 0.29) is 59.5 Å². The maximum Gasteiger partial charge on any atom is 0.326 e. The molecule has 9 nitrogen and oxygen atoms in total. The van der Waals surface area contributed by atoms with E-state index >= 15 is 0 Å². The van der Waals surface area contributed by atoms with Crippen molar-refractivity contribution >= 4 is 34.3 Å². The van der Waals surface area contributed by atoms with Crippen molar-refractivity contribution in [2.45, 2.75) is 25.9 Å². The van der Waals surface area contributed by atoms with Crippen molar-refractivity contribution in [3.05, 3.63) is 62.8 Å². The van der Waals surface area contributed by atoms with Crippen molar-refractivity contribution in [2.75, 3.05) is 13.2 Å². The zero-order chi connectivity index (χ0) is 23.5. The van der Waals surface area contributed by atoms with Crippen LogP contribution in [0.1, 0.15) is 19.6 Å². The third-order valence-corrected chi connectivity index (χ3v) is 5.03. The number of rotatable bonds is 8. The fraction of sp³-hybridized carbons (Fsp3) is 0.300. The molecule has 178 valence electrons. The molecule has 0 aliphatic heterocycles. The van der Waals surface area contributed by atoms with Gasteiger partial charge in [-0.1, -0.05) is 11.2 Å². The Kier molecular flexibility index (Phi) is 8.69. The van der Waals surface area contributed by atoms with E-state index in [1.807, 2.05) is 0 Å². The van der Waals surface area contributed by atoms with Crippen LogP contribution in [0.2, 0.25) is 0 Å². The number of nitrogens with zero attached hydrogens (tertiary/aromatic N) is 3. The highest BCUT2D eigenvalue weighted by Gasteiger charge is 2.30. The normalized spacial score (nSPS) is 12.5. The first-order valence-electron chi connectivity index (χ1n) is 9.38. The van der Waals surface area contributed by atoms with E-state index in [9.17, 15) is 18.4 Å². The fourth-order valence-corrected chi connectivity index (χ4v) is 3.15. The number of hydrogen-bond donors (Lipinski definition) is 1. The quantitative estimate of drug-likeness (QED) is 0.425. The first-order chi connectivity index (χ1) is 15.1. The molecule has 3 rings (SSSR count). The number of aromatic nitrogens is 3. The summed E-state index contributed by atoms with van der Waals surface area (Å²) in [5.74, 6) is -2.14. The van der Waals surface area contributed by atoms with Gasteiger partial charge >= 0.3 is 5.97 Å². The molecule has 3 aromatic rings. The lowest BCUT2D eigenvalue weighted by atomic mass is 10.0. The monoisotopic (exact) mass is 548 g/mol. The van der Waals surface area contributed by atoms with E-state index in [0.29, 0.717) is 0 Å². The van der Waals surface area contributed by atoms with Crippen LogP contribution in [0.25, 0.3) is 11.3 Å². The highest BCUT2D eigenvalue weighted by molar-refractivity contribution is 9.10. The van der Waals surface area contributed by atoms with Crippen molar-refractivity contribution < 1.29 is 27.6 Å². The van der Waals surface area contributed by atoms with Crippen molar-refractivity contribution in [1.82, 2.24) is 14.7 Å². The van der Waals surface area contributed by atoms with E-state index in [0.717, 1.165) is 23.0 Å². The molecular formula is C20H20BrClF2N4O5.